The SMILES string of the molecule is CC(C)C(NC(=O)C(Cc1c[nH]c2ccccc12)NC(=O)C(Cc1ccccc1)NC(=O)C1CCCN1)C(=O)O. The summed E-state index contributed by atoms with van der Waals surface area (Å²) in [5.74, 6) is -2.92. The van der Waals surface area contributed by atoms with Crippen molar-refractivity contribution in [2.45, 2.75) is 63.7 Å². The van der Waals surface area contributed by atoms with Gasteiger partial charge in [0.25, 0.3) is 0 Å². The van der Waals surface area contributed by atoms with Crippen molar-refractivity contribution in [1.29, 1.82) is 0 Å². The summed E-state index contributed by atoms with van der Waals surface area (Å²) >= 11 is 0. The molecule has 6 N–H and O–H groups in total. The van der Waals surface area contributed by atoms with Crippen LogP contribution in [0.15, 0.2) is 60.8 Å². The molecule has 1 aliphatic rings. The molecule has 10 heteroatoms. The zero-order valence-electron chi connectivity index (χ0n) is 22.8. The molecule has 0 radical (unpaired) electrons. The van der Waals surface area contributed by atoms with E-state index in [2.05, 4.69) is 26.3 Å². The minimum atomic E-state index is -1.15. The first-order valence-electron chi connectivity index (χ1n) is 13.7. The number of carboxylic acids is 1. The zero-order valence-corrected chi connectivity index (χ0v) is 22.8. The van der Waals surface area contributed by atoms with Gasteiger partial charge in [-0.2, -0.15) is 0 Å². The number of hydrogen-bond donors (Lipinski definition) is 6. The van der Waals surface area contributed by atoms with Crippen LogP contribution >= 0.6 is 0 Å². The van der Waals surface area contributed by atoms with E-state index in [4.69, 9.17) is 0 Å². The van der Waals surface area contributed by atoms with Gasteiger partial charge in [0.05, 0.1) is 6.04 Å². The lowest BCUT2D eigenvalue weighted by atomic mass is 10.00. The highest BCUT2D eigenvalue weighted by atomic mass is 16.4. The van der Waals surface area contributed by atoms with Crippen molar-refractivity contribution >= 4 is 34.6 Å². The third-order valence-electron chi connectivity index (χ3n) is 7.25. The predicted octanol–water partition coefficient (Wildman–Crippen LogP) is 1.90. The fourth-order valence-electron chi connectivity index (χ4n) is 5.01. The maximum Gasteiger partial charge on any atom is 0.326 e. The normalized spacial score (nSPS) is 17.2. The topological polar surface area (TPSA) is 152 Å². The number of para-hydroxylation sites is 1. The van der Waals surface area contributed by atoms with Crippen molar-refractivity contribution in [2.75, 3.05) is 6.54 Å². The van der Waals surface area contributed by atoms with Gasteiger partial charge in [0.2, 0.25) is 17.7 Å². The molecule has 4 rings (SSSR count). The molecule has 0 saturated carbocycles. The Balaban J connectivity index is 1.59. The number of fused-ring (bicyclic) bond motifs is 1. The summed E-state index contributed by atoms with van der Waals surface area (Å²) in [5, 5.41) is 22.0. The van der Waals surface area contributed by atoms with Gasteiger partial charge in [-0.25, -0.2) is 4.79 Å². The summed E-state index contributed by atoms with van der Waals surface area (Å²) in [7, 11) is 0. The molecule has 3 amide bonds. The minimum absolute atomic E-state index is 0.127. The monoisotopic (exact) mass is 547 g/mol. The molecule has 2 aromatic carbocycles. The fourth-order valence-corrected chi connectivity index (χ4v) is 5.01. The number of carbonyl (C=O) groups is 4. The summed E-state index contributed by atoms with van der Waals surface area (Å²) in [6, 6.07) is 13.4. The third-order valence-corrected chi connectivity index (χ3v) is 7.25. The van der Waals surface area contributed by atoms with Crippen LogP contribution in [0.4, 0.5) is 0 Å². The van der Waals surface area contributed by atoms with Crippen molar-refractivity contribution < 1.29 is 24.3 Å². The average Bonchev–Trinajstić information content (AvgIpc) is 3.62. The van der Waals surface area contributed by atoms with E-state index in [1.165, 1.54) is 0 Å². The molecular weight excluding hydrogens is 510 g/mol. The lowest BCUT2D eigenvalue weighted by molar-refractivity contribution is -0.143. The molecule has 1 aliphatic heterocycles. The molecular formula is C30H37N5O5. The quantitative estimate of drug-likeness (QED) is 0.204. The highest BCUT2D eigenvalue weighted by molar-refractivity contribution is 5.95. The van der Waals surface area contributed by atoms with Crippen molar-refractivity contribution in [3.63, 3.8) is 0 Å². The lowest BCUT2D eigenvalue weighted by Gasteiger charge is -2.26. The van der Waals surface area contributed by atoms with Gasteiger partial charge < -0.3 is 31.4 Å². The molecule has 0 aliphatic carbocycles. The number of nitrogens with one attached hydrogen (secondary N) is 5. The Labute approximate surface area is 233 Å². The smallest absolute Gasteiger partial charge is 0.326 e. The van der Waals surface area contributed by atoms with Crippen molar-refractivity contribution in [3.8, 4) is 0 Å². The maximum absolute atomic E-state index is 13.7. The first-order valence-corrected chi connectivity index (χ1v) is 13.7. The molecule has 0 bridgehead atoms. The van der Waals surface area contributed by atoms with Crippen LogP contribution in [0.1, 0.15) is 37.8 Å². The number of aromatic amines is 1. The molecule has 1 fully saturated rings. The number of hydrogen-bond acceptors (Lipinski definition) is 5. The molecule has 3 aromatic rings. The second-order valence-corrected chi connectivity index (χ2v) is 10.6. The fraction of sp³-hybridized carbons (Fsp3) is 0.400. The molecule has 4 atom stereocenters. The van der Waals surface area contributed by atoms with Crippen molar-refractivity contribution in [1.82, 2.24) is 26.3 Å². The second kappa shape index (κ2) is 13.3. The standard InChI is InChI=1S/C30H37N5O5/c1-18(2)26(30(39)40)35-29(38)25(16-20-17-32-22-12-7-6-11-21(20)22)34-28(37)24(15-19-9-4-3-5-10-19)33-27(36)23-13-8-14-31-23/h3-7,9-12,17-18,23-26,31-32H,8,13-16H2,1-2H3,(H,33,36)(H,34,37)(H,35,38)(H,39,40). The van der Waals surface area contributed by atoms with E-state index in [1.807, 2.05) is 54.6 Å². The maximum atomic E-state index is 13.7. The van der Waals surface area contributed by atoms with E-state index in [0.717, 1.165) is 35.0 Å². The Morgan fingerprint density at radius 1 is 0.900 bits per heavy atom. The lowest BCUT2D eigenvalue weighted by Crippen LogP contribution is -2.58. The van der Waals surface area contributed by atoms with Crippen LogP contribution in [0.25, 0.3) is 10.9 Å². The molecule has 1 saturated heterocycles. The van der Waals surface area contributed by atoms with Gasteiger partial charge in [-0.05, 0) is 42.5 Å². The molecule has 0 spiro atoms. The zero-order chi connectivity index (χ0) is 28.6. The summed E-state index contributed by atoms with van der Waals surface area (Å²) in [6.07, 6.45) is 3.70. The Morgan fingerprint density at radius 3 is 2.25 bits per heavy atom. The summed E-state index contributed by atoms with van der Waals surface area (Å²) in [5.41, 5.74) is 2.53. The van der Waals surface area contributed by atoms with Crippen LogP contribution in [0.5, 0.6) is 0 Å². The van der Waals surface area contributed by atoms with Gasteiger partial charge in [0.15, 0.2) is 0 Å². The summed E-state index contributed by atoms with van der Waals surface area (Å²) < 4.78 is 0. The molecule has 2 heterocycles. The number of amides is 3. The highest BCUT2D eigenvalue weighted by Crippen LogP contribution is 2.20. The van der Waals surface area contributed by atoms with E-state index < -0.39 is 35.9 Å². The van der Waals surface area contributed by atoms with Crippen molar-refractivity contribution in [2.24, 2.45) is 5.92 Å². The van der Waals surface area contributed by atoms with Crippen LogP contribution in [0, 0.1) is 5.92 Å². The van der Waals surface area contributed by atoms with Crippen LogP contribution in [-0.2, 0) is 32.0 Å². The number of aromatic nitrogens is 1. The number of carboxylic acid groups (broad SMARTS) is 1. The Bertz CT molecular complexity index is 1330. The predicted molar refractivity (Wildman–Crippen MR) is 151 cm³/mol. The van der Waals surface area contributed by atoms with Crippen molar-refractivity contribution in [3.05, 3.63) is 71.9 Å². The molecule has 10 nitrogen and oxygen atoms in total. The van der Waals surface area contributed by atoms with Gasteiger partial charge in [0, 0.05) is 29.9 Å². The van der Waals surface area contributed by atoms with E-state index in [-0.39, 0.29) is 30.7 Å². The average molecular weight is 548 g/mol. The number of benzene rings is 2. The van der Waals surface area contributed by atoms with E-state index in [1.54, 1.807) is 20.0 Å². The van der Waals surface area contributed by atoms with Gasteiger partial charge in [-0.1, -0.05) is 62.4 Å². The number of carbonyl (C=O) groups excluding carboxylic acids is 3. The van der Waals surface area contributed by atoms with Crippen LogP contribution in [0.2, 0.25) is 0 Å². The summed E-state index contributed by atoms with van der Waals surface area (Å²) in [6.45, 7) is 4.14. The van der Waals surface area contributed by atoms with Gasteiger partial charge in [-0.15, -0.1) is 0 Å². The number of rotatable bonds is 12. The largest absolute Gasteiger partial charge is 0.480 e. The van der Waals surface area contributed by atoms with E-state index >= 15 is 0 Å². The number of aliphatic carboxylic acids is 1. The number of H-pyrrole nitrogens is 1. The van der Waals surface area contributed by atoms with Crippen LogP contribution in [-0.4, -0.2) is 64.5 Å². The molecule has 212 valence electrons. The highest BCUT2D eigenvalue weighted by Gasteiger charge is 2.32. The molecule has 40 heavy (non-hydrogen) atoms. The van der Waals surface area contributed by atoms with Gasteiger partial charge in [0.1, 0.15) is 18.1 Å². The Morgan fingerprint density at radius 2 is 1.57 bits per heavy atom. The van der Waals surface area contributed by atoms with E-state index in [9.17, 15) is 24.3 Å². The molecule has 1 aromatic heterocycles. The van der Waals surface area contributed by atoms with Crippen LogP contribution < -0.4 is 21.3 Å². The Hall–Kier alpha value is -4.18. The third kappa shape index (κ3) is 7.26. The first kappa shape index (κ1) is 28.8. The van der Waals surface area contributed by atoms with E-state index in [0.29, 0.717) is 6.42 Å². The minimum Gasteiger partial charge on any atom is -0.480 e. The van der Waals surface area contributed by atoms with Gasteiger partial charge >= 0.3 is 5.97 Å². The Kier molecular flexibility index (Phi) is 9.55. The van der Waals surface area contributed by atoms with Crippen LogP contribution in [0.3, 0.4) is 0 Å². The molecule has 4 unspecified atom stereocenters. The van der Waals surface area contributed by atoms with Gasteiger partial charge in [-0.3, -0.25) is 14.4 Å². The first-order chi connectivity index (χ1) is 19.2. The second-order valence-electron chi connectivity index (χ2n) is 10.6. The summed E-state index contributed by atoms with van der Waals surface area (Å²) in [4.78, 5) is 55.1.